The highest BCUT2D eigenvalue weighted by molar-refractivity contribution is 5.21. The molecule has 2 atom stereocenters. The molecule has 0 spiro atoms. The minimum absolute atomic E-state index is 0.332. The average molecular weight is 282 g/mol. The van der Waals surface area contributed by atoms with Crippen LogP contribution in [0.1, 0.15) is 23.3 Å². The Kier molecular flexibility index (Phi) is 4.65. The Bertz CT molecular complexity index is 544. The molecule has 1 heterocycles. The maximum Gasteiger partial charge on any atom is 0.0917 e. The Labute approximate surface area is 126 Å². The lowest BCUT2D eigenvalue weighted by Crippen LogP contribution is -2.47. The van der Waals surface area contributed by atoms with Gasteiger partial charge in [0.25, 0.3) is 0 Å². The summed E-state index contributed by atoms with van der Waals surface area (Å²) in [7, 11) is 0. The molecule has 0 aliphatic carbocycles. The van der Waals surface area contributed by atoms with Gasteiger partial charge in [0, 0.05) is 32.2 Å². The average Bonchev–Trinajstić information content (AvgIpc) is 2.57. The van der Waals surface area contributed by atoms with Crippen molar-refractivity contribution < 1.29 is 5.11 Å². The van der Waals surface area contributed by atoms with Gasteiger partial charge in [0.05, 0.1) is 6.10 Å². The van der Waals surface area contributed by atoms with Crippen LogP contribution in [-0.4, -0.2) is 36.2 Å². The number of aliphatic hydroxyl groups excluding tert-OH is 1. The maximum absolute atomic E-state index is 10.5. The highest BCUT2D eigenvalue weighted by Gasteiger charge is 2.25. The van der Waals surface area contributed by atoms with E-state index < -0.39 is 6.10 Å². The SMILES string of the molecule is OC(CN1CCNCC1c1ccccc1)c1ccccc1. The van der Waals surface area contributed by atoms with Gasteiger partial charge in [0.2, 0.25) is 0 Å². The van der Waals surface area contributed by atoms with Crippen LogP contribution in [0.5, 0.6) is 0 Å². The Morgan fingerprint density at radius 3 is 2.43 bits per heavy atom. The van der Waals surface area contributed by atoms with E-state index in [2.05, 4.69) is 34.5 Å². The number of nitrogens with zero attached hydrogens (tertiary/aromatic N) is 1. The third kappa shape index (κ3) is 3.50. The van der Waals surface area contributed by atoms with Crippen LogP contribution in [0.2, 0.25) is 0 Å². The van der Waals surface area contributed by atoms with Gasteiger partial charge in [0.15, 0.2) is 0 Å². The van der Waals surface area contributed by atoms with E-state index in [1.807, 2.05) is 36.4 Å². The molecule has 2 aromatic carbocycles. The quantitative estimate of drug-likeness (QED) is 0.903. The van der Waals surface area contributed by atoms with Crippen LogP contribution < -0.4 is 5.32 Å². The van der Waals surface area contributed by atoms with Gasteiger partial charge in [0.1, 0.15) is 0 Å². The Balaban J connectivity index is 1.73. The molecular formula is C18H22N2O. The smallest absolute Gasteiger partial charge is 0.0917 e. The first-order valence-corrected chi connectivity index (χ1v) is 7.57. The second kappa shape index (κ2) is 6.85. The molecule has 2 N–H and O–H groups in total. The van der Waals surface area contributed by atoms with E-state index in [9.17, 15) is 5.11 Å². The number of hydrogen-bond donors (Lipinski definition) is 2. The number of aliphatic hydroxyl groups is 1. The topological polar surface area (TPSA) is 35.5 Å². The molecule has 21 heavy (non-hydrogen) atoms. The molecule has 2 unspecified atom stereocenters. The summed E-state index contributed by atoms with van der Waals surface area (Å²) in [6, 6.07) is 20.8. The van der Waals surface area contributed by atoms with E-state index >= 15 is 0 Å². The predicted molar refractivity (Wildman–Crippen MR) is 85.0 cm³/mol. The van der Waals surface area contributed by atoms with Crippen molar-refractivity contribution in [1.82, 2.24) is 10.2 Å². The Morgan fingerprint density at radius 1 is 1.05 bits per heavy atom. The van der Waals surface area contributed by atoms with Crippen molar-refractivity contribution >= 4 is 0 Å². The van der Waals surface area contributed by atoms with Crippen LogP contribution in [0.25, 0.3) is 0 Å². The minimum atomic E-state index is -0.435. The highest BCUT2D eigenvalue weighted by atomic mass is 16.3. The van der Waals surface area contributed by atoms with Gasteiger partial charge in [-0.1, -0.05) is 60.7 Å². The molecule has 1 aliphatic heterocycles. The zero-order valence-corrected chi connectivity index (χ0v) is 12.2. The molecule has 2 aromatic rings. The van der Waals surface area contributed by atoms with Crippen molar-refractivity contribution in [2.45, 2.75) is 12.1 Å². The summed E-state index contributed by atoms with van der Waals surface area (Å²) in [4.78, 5) is 2.38. The molecule has 0 radical (unpaired) electrons. The number of benzene rings is 2. The third-order valence-corrected chi connectivity index (χ3v) is 4.13. The molecule has 3 nitrogen and oxygen atoms in total. The zero-order chi connectivity index (χ0) is 14.5. The monoisotopic (exact) mass is 282 g/mol. The van der Waals surface area contributed by atoms with Gasteiger partial charge < -0.3 is 10.4 Å². The van der Waals surface area contributed by atoms with Crippen LogP contribution in [0.3, 0.4) is 0 Å². The molecule has 3 rings (SSSR count). The van der Waals surface area contributed by atoms with E-state index in [1.165, 1.54) is 5.56 Å². The molecular weight excluding hydrogens is 260 g/mol. The number of nitrogens with one attached hydrogen (secondary N) is 1. The lowest BCUT2D eigenvalue weighted by Gasteiger charge is -2.37. The van der Waals surface area contributed by atoms with E-state index in [1.54, 1.807) is 0 Å². The van der Waals surface area contributed by atoms with Crippen LogP contribution in [0.15, 0.2) is 60.7 Å². The lowest BCUT2D eigenvalue weighted by molar-refractivity contribution is 0.0733. The van der Waals surface area contributed by atoms with Gasteiger partial charge in [-0.05, 0) is 11.1 Å². The van der Waals surface area contributed by atoms with Crippen molar-refractivity contribution in [1.29, 1.82) is 0 Å². The molecule has 0 bridgehead atoms. The van der Waals surface area contributed by atoms with Crippen LogP contribution >= 0.6 is 0 Å². The highest BCUT2D eigenvalue weighted by Crippen LogP contribution is 2.25. The van der Waals surface area contributed by atoms with E-state index in [4.69, 9.17) is 0 Å². The van der Waals surface area contributed by atoms with Gasteiger partial charge in [-0.3, -0.25) is 4.90 Å². The Morgan fingerprint density at radius 2 is 1.71 bits per heavy atom. The van der Waals surface area contributed by atoms with E-state index in [0.717, 1.165) is 25.2 Å². The molecule has 110 valence electrons. The number of rotatable bonds is 4. The van der Waals surface area contributed by atoms with Crippen molar-refractivity contribution in [2.24, 2.45) is 0 Å². The van der Waals surface area contributed by atoms with Crippen LogP contribution in [-0.2, 0) is 0 Å². The lowest BCUT2D eigenvalue weighted by atomic mass is 10.0. The first-order valence-electron chi connectivity index (χ1n) is 7.57. The molecule has 1 aliphatic rings. The minimum Gasteiger partial charge on any atom is -0.387 e. The summed E-state index contributed by atoms with van der Waals surface area (Å²) in [5.41, 5.74) is 2.30. The van der Waals surface area contributed by atoms with E-state index in [0.29, 0.717) is 12.6 Å². The summed E-state index contributed by atoms with van der Waals surface area (Å²) in [6.07, 6.45) is -0.435. The summed E-state index contributed by atoms with van der Waals surface area (Å²) in [5, 5.41) is 13.9. The van der Waals surface area contributed by atoms with Gasteiger partial charge in [-0.15, -0.1) is 0 Å². The second-order valence-electron chi connectivity index (χ2n) is 5.55. The molecule has 1 saturated heterocycles. The third-order valence-electron chi connectivity index (χ3n) is 4.13. The van der Waals surface area contributed by atoms with Crippen LogP contribution in [0, 0.1) is 0 Å². The Hall–Kier alpha value is -1.68. The molecule has 0 saturated carbocycles. The molecule has 0 amide bonds. The zero-order valence-electron chi connectivity index (χ0n) is 12.2. The molecule has 0 aromatic heterocycles. The normalized spacial score (nSPS) is 21.1. The number of hydrogen-bond acceptors (Lipinski definition) is 3. The summed E-state index contributed by atoms with van der Waals surface area (Å²) >= 11 is 0. The largest absolute Gasteiger partial charge is 0.387 e. The predicted octanol–water partition coefficient (Wildman–Crippen LogP) is 2.37. The van der Waals surface area contributed by atoms with Crippen molar-refractivity contribution in [2.75, 3.05) is 26.2 Å². The first kappa shape index (κ1) is 14.3. The number of β-amino-alcohol motifs (C(OH)–C–C–N with tert-alkyl or cyclic N) is 1. The molecule has 1 fully saturated rings. The first-order chi connectivity index (χ1) is 10.3. The molecule has 3 heteroatoms. The van der Waals surface area contributed by atoms with Crippen molar-refractivity contribution in [3.05, 3.63) is 71.8 Å². The second-order valence-corrected chi connectivity index (χ2v) is 5.55. The van der Waals surface area contributed by atoms with E-state index in [-0.39, 0.29) is 0 Å². The maximum atomic E-state index is 10.5. The van der Waals surface area contributed by atoms with Gasteiger partial charge in [-0.25, -0.2) is 0 Å². The van der Waals surface area contributed by atoms with Gasteiger partial charge in [-0.2, -0.15) is 0 Å². The summed E-state index contributed by atoms with van der Waals surface area (Å²) in [6.45, 7) is 3.55. The van der Waals surface area contributed by atoms with Crippen molar-refractivity contribution in [3.8, 4) is 0 Å². The fourth-order valence-corrected chi connectivity index (χ4v) is 2.97. The van der Waals surface area contributed by atoms with Gasteiger partial charge >= 0.3 is 0 Å². The van der Waals surface area contributed by atoms with Crippen LogP contribution in [0.4, 0.5) is 0 Å². The summed E-state index contributed by atoms with van der Waals surface area (Å²) in [5.74, 6) is 0. The fourth-order valence-electron chi connectivity index (χ4n) is 2.97. The standard InChI is InChI=1S/C18H22N2O/c21-18(16-9-5-2-6-10-16)14-20-12-11-19-13-17(20)15-7-3-1-4-8-15/h1-10,17-19,21H,11-14H2. The summed E-state index contributed by atoms with van der Waals surface area (Å²) < 4.78 is 0. The number of piperazine rings is 1. The fraction of sp³-hybridized carbons (Fsp3) is 0.333. The van der Waals surface area contributed by atoms with Crippen molar-refractivity contribution in [3.63, 3.8) is 0 Å².